The van der Waals surface area contributed by atoms with E-state index in [1.165, 1.54) is 11.8 Å². The van der Waals surface area contributed by atoms with Crippen LogP contribution in [0.3, 0.4) is 0 Å². The molecule has 31 heavy (non-hydrogen) atoms. The van der Waals surface area contributed by atoms with Crippen molar-refractivity contribution in [3.63, 3.8) is 0 Å². The monoisotopic (exact) mass is 471 g/mol. The Balaban J connectivity index is 1.64. The minimum atomic E-state index is -0.178. The Kier molecular flexibility index (Phi) is 6.14. The fraction of sp³-hybridized carbons (Fsp3) is 0.130. The molecule has 1 saturated heterocycles. The maximum absolute atomic E-state index is 12.5. The largest absolute Gasteiger partial charge is 0.497 e. The van der Waals surface area contributed by atoms with Gasteiger partial charge in [0.2, 0.25) is 0 Å². The number of rotatable bonds is 4. The number of carbonyl (C=O) groups excluding carboxylic acids is 1. The fourth-order valence-electron chi connectivity index (χ4n) is 3.37. The number of benzene rings is 2. The van der Waals surface area contributed by atoms with Gasteiger partial charge >= 0.3 is 0 Å². The zero-order chi connectivity index (χ0) is 22.1. The molecule has 1 fully saturated rings. The Labute approximate surface area is 194 Å². The van der Waals surface area contributed by atoms with Crippen molar-refractivity contribution in [2.75, 3.05) is 7.11 Å². The number of aryl methyl sites for hydroxylation is 1. The van der Waals surface area contributed by atoms with E-state index in [9.17, 15) is 4.79 Å². The van der Waals surface area contributed by atoms with Crippen molar-refractivity contribution in [1.82, 2.24) is 9.88 Å². The summed E-state index contributed by atoms with van der Waals surface area (Å²) < 4.78 is 7.19. The molecule has 8 heteroatoms. The molecule has 1 amide bonds. The van der Waals surface area contributed by atoms with E-state index in [1.54, 1.807) is 13.2 Å². The van der Waals surface area contributed by atoms with Crippen LogP contribution in [0.25, 0.3) is 11.8 Å². The topological polar surface area (TPSA) is 55.6 Å². The van der Waals surface area contributed by atoms with Crippen molar-refractivity contribution in [3.05, 3.63) is 80.4 Å². The molecule has 0 aliphatic carbocycles. The van der Waals surface area contributed by atoms with Crippen LogP contribution in [-0.2, 0) is 4.79 Å². The Morgan fingerprint density at radius 3 is 2.58 bits per heavy atom. The first-order valence-corrected chi connectivity index (χ1v) is 11.0. The molecule has 158 valence electrons. The summed E-state index contributed by atoms with van der Waals surface area (Å²) in [5.74, 6) is 0.575. The number of methoxy groups -OCH3 is 1. The predicted molar refractivity (Wildman–Crippen MR) is 129 cm³/mol. The number of thioether (sulfide) groups is 1. The second-order valence-corrected chi connectivity index (χ2v) is 8.73. The van der Waals surface area contributed by atoms with Crippen LogP contribution in [0, 0.1) is 13.8 Å². The van der Waals surface area contributed by atoms with Crippen molar-refractivity contribution in [2.45, 2.75) is 13.8 Å². The number of amides is 1. The maximum Gasteiger partial charge on any atom is 0.264 e. The van der Waals surface area contributed by atoms with E-state index in [0.717, 1.165) is 34.1 Å². The van der Waals surface area contributed by atoms with Crippen LogP contribution in [0.15, 0.2) is 58.4 Å². The molecule has 1 aromatic heterocycles. The first kappa shape index (κ1) is 21.6. The standard InChI is InChI=1S/C23H19Cl2N3O2S/c1-13-11-15(14(2)28(13)19-6-4-5-18(24)21(19)25)12-20-22(29)27-23(31-20)26-16-7-9-17(30-3)10-8-16/h4-12H,1-3H3,(H,26,27,29). The molecule has 3 aromatic rings. The Morgan fingerprint density at radius 2 is 1.87 bits per heavy atom. The minimum absolute atomic E-state index is 0.178. The summed E-state index contributed by atoms with van der Waals surface area (Å²) in [6, 6.07) is 14.9. The summed E-state index contributed by atoms with van der Waals surface area (Å²) in [7, 11) is 1.61. The first-order chi connectivity index (χ1) is 14.9. The Hall–Kier alpha value is -2.67. The van der Waals surface area contributed by atoms with Gasteiger partial charge in [0, 0.05) is 11.4 Å². The number of halogens is 2. The number of hydrogen-bond acceptors (Lipinski definition) is 4. The van der Waals surface area contributed by atoms with Crippen molar-refractivity contribution in [2.24, 2.45) is 4.99 Å². The molecule has 1 N–H and O–H groups in total. The molecule has 0 spiro atoms. The van der Waals surface area contributed by atoms with E-state index < -0.39 is 0 Å². The third-order valence-corrected chi connectivity index (χ3v) is 6.60. The van der Waals surface area contributed by atoms with Crippen molar-refractivity contribution in [3.8, 4) is 11.4 Å². The molecule has 0 bridgehead atoms. The van der Waals surface area contributed by atoms with E-state index in [4.69, 9.17) is 27.9 Å². The van der Waals surface area contributed by atoms with Gasteiger partial charge in [-0.3, -0.25) is 4.79 Å². The lowest BCUT2D eigenvalue weighted by molar-refractivity contribution is -0.115. The van der Waals surface area contributed by atoms with E-state index in [2.05, 4.69) is 10.3 Å². The van der Waals surface area contributed by atoms with Gasteiger partial charge in [-0.15, -0.1) is 0 Å². The van der Waals surface area contributed by atoms with Crippen LogP contribution >= 0.6 is 35.0 Å². The molecule has 2 heterocycles. The number of hydrogen-bond donors (Lipinski definition) is 1. The van der Waals surface area contributed by atoms with E-state index in [1.807, 2.05) is 67.0 Å². The van der Waals surface area contributed by atoms with E-state index in [0.29, 0.717) is 20.1 Å². The fourth-order valence-corrected chi connectivity index (χ4v) is 4.58. The van der Waals surface area contributed by atoms with Gasteiger partial charge in [0.25, 0.3) is 5.91 Å². The zero-order valence-corrected chi connectivity index (χ0v) is 19.4. The summed E-state index contributed by atoms with van der Waals surface area (Å²) >= 11 is 13.9. The molecule has 0 radical (unpaired) electrons. The molecular formula is C23H19Cl2N3O2S. The van der Waals surface area contributed by atoms with Gasteiger partial charge in [0.05, 0.1) is 33.4 Å². The van der Waals surface area contributed by atoms with Crippen molar-refractivity contribution >= 4 is 57.8 Å². The summed E-state index contributed by atoms with van der Waals surface area (Å²) in [6.45, 7) is 3.98. The summed E-state index contributed by atoms with van der Waals surface area (Å²) in [6.07, 6.45) is 1.87. The smallest absolute Gasteiger partial charge is 0.264 e. The molecule has 1 aliphatic rings. The molecule has 1 aliphatic heterocycles. The highest BCUT2D eigenvalue weighted by atomic mass is 35.5. The number of aromatic nitrogens is 1. The van der Waals surface area contributed by atoms with Gasteiger partial charge in [0.1, 0.15) is 5.75 Å². The quantitative estimate of drug-likeness (QED) is 0.454. The van der Waals surface area contributed by atoms with Gasteiger partial charge in [0.15, 0.2) is 5.17 Å². The van der Waals surface area contributed by atoms with Gasteiger partial charge in [-0.2, -0.15) is 0 Å². The van der Waals surface area contributed by atoms with Gasteiger partial charge < -0.3 is 14.6 Å². The predicted octanol–water partition coefficient (Wildman–Crippen LogP) is 6.30. The van der Waals surface area contributed by atoms with Gasteiger partial charge in [-0.25, -0.2) is 4.99 Å². The molecule has 2 aromatic carbocycles. The number of ether oxygens (including phenoxy) is 1. The van der Waals surface area contributed by atoms with E-state index in [-0.39, 0.29) is 5.91 Å². The third kappa shape index (κ3) is 4.37. The van der Waals surface area contributed by atoms with E-state index >= 15 is 0 Å². The Morgan fingerprint density at radius 1 is 1.13 bits per heavy atom. The number of aliphatic imine (C=N–C) groups is 1. The number of nitrogens with zero attached hydrogens (tertiary/aromatic N) is 2. The average molecular weight is 472 g/mol. The molecule has 0 atom stereocenters. The van der Waals surface area contributed by atoms with Crippen LogP contribution in [0.4, 0.5) is 5.69 Å². The summed E-state index contributed by atoms with van der Waals surface area (Å²) in [4.78, 5) is 17.6. The van der Waals surface area contributed by atoms with Gasteiger partial charge in [-0.05, 0) is 79.7 Å². The molecular weight excluding hydrogens is 453 g/mol. The SMILES string of the molecule is COc1ccc(N=C2NC(=O)C(=Cc3cc(C)n(-c4cccc(Cl)c4Cl)c3C)S2)cc1. The van der Waals surface area contributed by atoms with Crippen LogP contribution in [0.5, 0.6) is 5.75 Å². The minimum Gasteiger partial charge on any atom is -0.497 e. The van der Waals surface area contributed by atoms with Gasteiger partial charge in [-0.1, -0.05) is 29.3 Å². The lowest BCUT2D eigenvalue weighted by atomic mass is 10.2. The van der Waals surface area contributed by atoms with Crippen molar-refractivity contribution < 1.29 is 9.53 Å². The highest BCUT2D eigenvalue weighted by Crippen LogP contribution is 2.34. The lowest BCUT2D eigenvalue weighted by Crippen LogP contribution is -2.19. The third-order valence-electron chi connectivity index (χ3n) is 4.88. The normalized spacial score (nSPS) is 16.2. The molecule has 0 saturated carbocycles. The molecule has 0 unspecified atom stereocenters. The van der Waals surface area contributed by atoms with Crippen molar-refractivity contribution in [1.29, 1.82) is 0 Å². The zero-order valence-electron chi connectivity index (χ0n) is 17.1. The number of nitrogens with one attached hydrogen (secondary N) is 1. The Bertz CT molecular complexity index is 1230. The van der Waals surface area contributed by atoms with Crippen LogP contribution in [-0.4, -0.2) is 22.8 Å². The number of amidine groups is 1. The molecule has 5 nitrogen and oxygen atoms in total. The second-order valence-electron chi connectivity index (χ2n) is 6.91. The van der Waals surface area contributed by atoms with Crippen LogP contribution in [0.2, 0.25) is 10.0 Å². The summed E-state index contributed by atoms with van der Waals surface area (Å²) in [5, 5.41) is 4.34. The second kappa shape index (κ2) is 8.83. The summed E-state index contributed by atoms with van der Waals surface area (Å²) in [5.41, 5.74) is 4.42. The highest BCUT2D eigenvalue weighted by molar-refractivity contribution is 8.18. The first-order valence-electron chi connectivity index (χ1n) is 9.44. The van der Waals surface area contributed by atoms with Crippen LogP contribution in [0.1, 0.15) is 17.0 Å². The van der Waals surface area contributed by atoms with Crippen LogP contribution < -0.4 is 10.1 Å². The maximum atomic E-state index is 12.5. The molecule has 4 rings (SSSR count). The number of carbonyl (C=O) groups is 1. The highest BCUT2D eigenvalue weighted by Gasteiger charge is 2.25. The average Bonchev–Trinajstić information content (AvgIpc) is 3.23. The lowest BCUT2D eigenvalue weighted by Gasteiger charge is -2.12.